The summed E-state index contributed by atoms with van der Waals surface area (Å²) >= 11 is 0. The van der Waals surface area contributed by atoms with E-state index >= 15 is 0 Å². The zero-order valence-corrected chi connectivity index (χ0v) is 15.2. The van der Waals surface area contributed by atoms with Crippen LogP contribution in [0, 0.1) is 0 Å². The van der Waals surface area contributed by atoms with E-state index in [4.69, 9.17) is 0 Å². The molecule has 0 saturated carbocycles. The molecular formula is C14H23F6O4P. The van der Waals surface area contributed by atoms with Gasteiger partial charge < -0.3 is 4.52 Å². The van der Waals surface area contributed by atoms with Crippen molar-refractivity contribution in [2.24, 2.45) is 0 Å². The highest BCUT2D eigenvalue weighted by Crippen LogP contribution is 2.54. The summed E-state index contributed by atoms with van der Waals surface area (Å²) in [5.41, 5.74) is 0. The number of allylic oxidation sites excluding steroid dienone is 2. The van der Waals surface area contributed by atoms with Gasteiger partial charge >= 0.3 is 19.9 Å². The Labute approximate surface area is 143 Å². The van der Waals surface area contributed by atoms with Gasteiger partial charge in [0.25, 0.3) is 0 Å². The maximum atomic E-state index is 13.9. The van der Waals surface area contributed by atoms with Gasteiger partial charge in [0.05, 0.1) is 13.2 Å². The Morgan fingerprint density at radius 1 is 0.920 bits per heavy atom. The summed E-state index contributed by atoms with van der Waals surface area (Å²) in [4.78, 5) is 0. The molecule has 0 aliphatic heterocycles. The van der Waals surface area contributed by atoms with Crippen molar-refractivity contribution in [3.8, 4) is 0 Å². The van der Waals surface area contributed by atoms with Gasteiger partial charge in [0, 0.05) is 6.42 Å². The minimum absolute atomic E-state index is 0.0722. The first-order valence-corrected chi connectivity index (χ1v) is 9.33. The molecule has 150 valence electrons. The van der Waals surface area contributed by atoms with E-state index in [9.17, 15) is 30.9 Å². The fourth-order valence-corrected chi connectivity index (χ4v) is 3.00. The molecule has 25 heavy (non-hydrogen) atoms. The predicted octanol–water partition coefficient (Wildman–Crippen LogP) is 6.53. The van der Waals surface area contributed by atoms with E-state index < -0.39 is 37.9 Å². The van der Waals surface area contributed by atoms with Crippen molar-refractivity contribution < 1.29 is 44.5 Å². The highest BCUT2D eigenvalue weighted by Gasteiger charge is 2.62. The lowest BCUT2D eigenvalue weighted by Crippen LogP contribution is -2.37. The maximum absolute atomic E-state index is 13.9. The van der Waals surface area contributed by atoms with Crippen molar-refractivity contribution in [2.75, 3.05) is 13.2 Å². The number of phosphoric acid groups is 1. The van der Waals surface area contributed by atoms with Crippen molar-refractivity contribution in [1.82, 2.24) is 0 Å². The summed E-state index contributed by atoms with van der Waals surface area (Å²) in [6.07, 6.45) is -4.81. The average molecular weight is 400 g/mol. The summed E-state index contributed by atoms with van der Waals surface area (Å²) < 4.78 is 104. The fraction of sp³-hybridized carbons (Fsp3) is 0.857. The van der Waals surface area contributed by atoms with E-state index in [0.29, 0.717) is 12.8 Å². The van der Waals surface area contributed by atoms with Gasteiger partial charge in [-0.2, -0.15) is 22.0 Å². The van der Waals surface area contributed by atoms with Crippen molar-refractivity contribution in [2.45, 2.75) is 65.0 Å². The Kier molecular flexibility index (Phi) is 10.1. The summed E-state index contributed by atoms with van der Waals surface area (Å²) in [7, 11) is -4.51. The quantitative estimate of drug-likeness (QED) is 0.162. The van der Waals surface area contributed by atoms with Gasteiger partial charge in [0.2, 0.25) is 5.83 Å². The number of unbranched alkanes of at least 4 members (excludes halogenated alkanes) is 3. The first-order valence-electron chi connectivity index (χ1n) is 7.87. The number of rotatable bonds is 12. The van der Waals surface area contributed by atoms with Gasteiger partial charge in [-0.3, -0.25) is 9.05 Å². The molecule has 0 N–H and O–H groups in total. The molecule has 0 spiro atoms. The lowest BCUT2D eigenvalue weighted by atomic mass is 10.1. The van der Waals surface area contributed by atoms with E-state index in [1.54, 1.807) is 0 Å². The second kappa shape index (κ2) is 10.4. The third-order valence-corrected chi connectivity index (χ3v) is 4.52. The maximum Gasteiger partial charge on any atom is 0.529 e. The molecule has 0 radical (unpaired) electrons. The number of halogens is 6. The number of alkyl halides is 5. The van der Waals surface area contributed by atoms with E-state index in [1.165, 1.54) is 13.8 Å². The molecule has 0 saturated heterocycles. The molecule has 4 nitrogen and oxygen atoms in total. The van der Waals surface area contributed by atoms with E-state index in [0.717, 1.165) is 6.42 Å². The topological polar surface area (TPSA) is 44.8 Å². The third-order valence-electron chi connectivity index (χ3n) is 2.93. The van der Waals surface area contributed by atoms with Crippen LogP contribution in [0.25, 0.3) is 0 Å². The van der Waals surface area contributed by atoms with Crippen LogP contribution in [0.3, 0.4) is 0 Å². The zero-order chi connectivity index (χ0) is 19.7. The van der Waals surface area contributed by atoms with E-state index in [-0.39, 0.29) is 19.6 Å². The lowest BCUT2D eigenvalue weighted by Gasteiger charge is -2.23. The monoisotopic (exact) mass is 400 g/mol. The van der Waals surface area contributed by atoms with Crippen LogP contribution in [0.5, 0.6) is 0 Å². The van der Waals surface area contributed by atoms with E-state index in [2.05, 4.69) is 13.6 Å². The smallest absolute Gasteiger partial charge is 0.406 e. The van der Waals surface area contributed by atoms with Crippen LogP contribution in [0.4, 0.5) is 26.3 Å². The average Bonchev–Trinajstić information content (AvgIpc) is 2.49. The Hall–Kier alpha value is -0.730. The van der Waals surface area contributed by atoms with Crippen LogP contribution in [-0.4, -0.2) is 25.3 Å². The minimum atomic E-state index is -6.16. The van der Waals surface area contributed by atoms with E-state index in [1.807, 2.05) is 6.92 Å². The third kappa shape index (κ3) is 7.58. The zero-order valence-electron chi connectivity index (χ0n) is 14.3. The second-order valence-corrected chi connectivity index (χ2v) is 6.59. The molecule has 0 aliphatic carbocycles. The van der Waals surface area contributed by atoms with Crippen LogP contribution in [0.2, 0.25) is 0 Å². The van der Waals surface area contributed by atoms with Crippen LogP contribution >= 0.6 is 7.82 Å². The SMILES string of the molecule is CCCCCC/C(OP(=O)(OCC)OCC)=C(\F)C(F)(F)C(F)(F)F. The van der Waals surface area contributed by atoms with Crippen molar-refractivity contribution >= 4 is 7.82 Å². The normalized spacial score (nSPS) is 14.4. The second-order valence-electron chi connectivity index (χ2n) is 4.99. The molecule has 0 aromatic carbocycles. The molecule has 0 unspecified atom stereocenters. The van der Waals surface area contributed by atoms with Crippen LogP contribution < -0.4 is 0 Å². The molecule has 0 amide bonds. The van der Waals surface area contributed by atoms with Gasteiger partial charge in [-0.25, -0.2) is 8.96 Å². The molecular weight excluding hydrogens is 377 g/mol. The van der Waals surface area contributed by atoms with Gasteiger partial charge in [0.15, 0.2) is 0 Å². The Morgan fingerprint density at radius 2 is 1.44 bits per heavy atom. The lowest BCUT2D eigenvalue weighted by molar-refractivity contribution is -0.271. The summed E-state index contributed by atoms with van der Waals surface area (Å²) in [6, 6.07) is 0. The van der Waals surface area contributed by atoms with Crippen LogP contribution in [0.15, 0.2) is 11.6 Å². The van der Waals surface area contributed by atoms with Gasteiger partial charge in [-0.15, -0.1) is 0 Å². The van der Waals surface area contributed by atoms with Crippen molar-refractivity contribution in [3.05, 3.63) is 11.6 Å². The molecule has 0 heterocycles. The minimum Gasteiger partial charge on any atom is -0.406 e. The Bertz CT molecular complexity index is 468. The molecule has 0 aromatic heterocycles. The molecule has 11 heteroatoms. The predicted molar refractivity (Wildman–Crippen MR) is 79.8 cm³/mol. The fourth-order valence-electron chi connectivity index (χ4n) is 1.75. The van der Waals surface area contributed by atoms with Crippen LogP contribution in [-0.2, 0) is 18.1 Å². The number of phosphoric ester groups is 1. The molecule has 0 aliphatic rings. The molecule has 0 atom stereocenters. The van der Waals surface area contributed by atoms with Gasteiger partial charge in [0.1, 0.15) is 5.76 Å². The molecule has 0 aromatic rings. The highest BCUT2D eigenvalue weighted by atomic mass is 31.2. The highest BCUT2D eigenvalue weighted by molar-refractivity contribution is 7.48. The van der Waals surface area contributed by atoms with Gasteiger partial charge in [-0.05, 0) is 20.3 Å². The Morgan fingerprint density at radius 3 is 1.84 bits per heavy atom. The number of hydrogen-bond donors (Lipinski definition) is 0. The van der Waals surface area contributed by atoms with Crippen molar-refractivity contribution in [1.29, 1.82) is 0 Å². The Balaban J connectivity index is 5.68. The van der Waals surface area contributed by atoms with Gasteiger partial charge in [-0.1, -0.05) is 26.2 Å². The summed E-state index contributed by atoms with van der Waals surface area (Å²) in [6.45, 7) is 4.13. The van der Waals surface area contributed by atoms with Crippen molar-refractivity contribution in [3.63, 3.8) is 0 Å². The molecule has 0 rings (SSSR count). The molecule has 0 bridgehead atoms. The first-order chi connectivity index (χ1) is 11.4. The van der Waals surface area contributed by atoms with Crippen LogP contribution in [0.1, 0.15) is 52.9 Å². The summed E-state index contributed by atoms with van der Waals surface area (Å²) in [5.74, 6) is -9.98. The summed E-state index contributed by atoms with van der Waals surface area (Å²) in [5, 5.41) is 0. The number of hydrogen-bond acceptors (Lipinski definition) is 4. The molecule has 0 fully saturated rings. The first kappa shape index (κ1) is 24.3. The largest absolute Gasteiger partial charge is 0.529 e. The standard InChI is InChI=1S/C14H23F6O4P/c1-4-7-8-9-10-11(12(15)13(16,17)14(18,19)20)24-25(21,22-5-2)23-6-3/h4-10H2,1-3H3/b12-11+.